The second-order valence-electron chi connectivity index (χ2n) is 9.80. The SMILES string of the molecule is N#CCCc1c(P(c2[nH]c3ccccc3c2CCC#N)c2[nH]c3ccccc3c2CCC#N)[nH]c2ccccc12. The molecule has 0 saturated heterocycles. The van der Waals surface area contributed by atoms with Gasteiger partial charge in [-0.3, -0.25) is 0 Å². The monoisotopic (exact) mass is 538 g/mol. The van der Waals surface area contributed by atoms with Crippen LogP contribution in [-0.2, 0) is 19.3 Å². The van der Waals surface area contributed by atoms with Gasteiger partial charge >= 0.3 is 0 Å². The highest BCUT2D eigenvalue weighted by Gasteiger charge is 2.31. The van der Waals surface area contributed by atoms with E-state index < -0.39 is 7.92 Å². The molecule has 0 aliphatic rings. The van der Waals surface area contributed by atoms with Gasteiger partial charge in [-0.15, -0.1) is 0 Å². The third-order valence-electron chi connectivity index (χ3n) is 7.50. The second kappa shape index (κ2) is 11.1. The van der Waals surface area contributed by atoms with Crippen molar-refractivity contribution in [3.05, 3.63) is 89.5 Å². The molecular formula is C33H27N6P. The minimum atomic E-state index is -1.19. The number of hydrogen-bond acceptors (Lipinski definition) is 3. The van der Waals surface area contributed by atoms with Crippen molar-refractivity contribution in [3.8, 4) is 18.2 Å². The average molecular weight is 539 g/mol. The van der Waals surface area contributed by atoms with Crippen molar-refractivity contribution in [1.82, 2.24) is 15.0 Å². The smallest absolute Gasteiger partial charge is 0.0625 e. The summed E-state index contributed by atoms with van der Waals surface area (Å²) in [6.45, 7) is 0. The number of rotatable bonds is 9. The minimum Gasteiger partial charge on any atom is -0.354 e. The van der Waals surface area contributed by atoms with E-state index in [1.807, 2.05) is 36.4 Å². The van der Waals surface area contributed by atoms with Gasteiger partial charge in [0.1, 0.15) is 0 Å². The number of hydrogen-bond donors (Lipinski definition) is 3. The first kappa shape index (κ1) is 25.5. The number of fused-ring (bicyclic) bond motifs is 3. The second-order valence-corrected chi connectivity index (χ2v) is 11.8. The Labute approximate surface area is 233 Å². The van der Waals surface area contributed by atoms with Crippen LogP contribution in [-0.4, -0.2) is 15.0 Å². The summed E-state index contributed by atoms with van der Waals surface area (Å²) in [5, 5.41) is 32.0. The van der Waals surface area contributed by atoms with Gasteiger partial charge in [0.2, 0.25) is 0 Å². The predicted octanol–water partition coefficient (Wildman–Crippen LogP) is 6.26. The van der Waals surface area contributed by atoms with E-state index in [0.717, 1.165) is 65.7 Å². The minimum absolute atomic E-state index is 0.417. The van der Waals surface area contributed by atoms with Crippen LogP contribution in [0.3, 0.4) is 0 Å². The molecule has 40 heavy (non-hydrogen) atoms. The van der Waals surface area contributed by atoms with Crippen LogP contribution in [0, 0.1) is 34.0 Å². The molecule has 0 bridgehead atoms. The molecule has 7 heteroatoms. The van der Waals surface area contributed by atoms with E-state index in [2.05, 4.69) is 69.6 Å². The lowest BCUT2D eigenvalue weighted by atomic mass is 10.1. The van der Waals surface area contributed by atoms with Crippen LogP contribution in [0.15, 0.2) is 72.8 Å². The van der Waals surface area contributed by atoms with Crippen LogP contribution in [0.25, 0.3) is 32.7 Å². The summed E-state index contributed by atoms with van der Waals surface area (Å²) in [6.07, 6.45) is 3.16. The predicted molar refractivity (Wildman–Crippen MR) is 163 cm³/mol. The van der Waals surface area contributed by atoms with Gasteiger partial charge in [-0.1, -0.05) is 54.6 Å². The van der Waals surface area contributed by atoms with E-state index in [0.29, 0.717) is 38.5 Å². The molecule has 6 aromatic rings. The lowest BCUT2D eigenvalue weighted by Crippen LogP contribution is -2.29. The van der Waals surface area contributed by atoms with Crippen molar-refractivity contribution in [3.63, 3.8) is 0 Å². The van der Waals surface area contributed by atoms with E-state index in [1.165, 1.54) is 0 Å². The maximum Gasteiger partial charge on any atom is 0.0625 e. The Morgan fingerprint density at radius 2 is 0.775 bits per heavy atom. The number of nitrogens with zero attached hydrogens (tertiary/aromatic N) is 3. The maximum atomic E-state index is 9.55. The van der Waals surface area contributed by atoms with Crippen LogP contribution >= 0.6 is 7.92 Å². The van der Waals surface area contributed by atoms with Crippen LogP contribution < -0.4 is 16.3 Å². The highest BCUT2D eigenvalue weighted by Crippen LogP contribution is 2.41. The maximum absolute atomic E-state index is 9.55. The Kier molecular flexibility index (Phi) is 7.08. The molecule has 0 aliphatic carbocycles. The van der Waals surface area contributed by atoms with Crippen molar-refractivity contribution in [2.24, 2.45) is 0 Å². The van der Waals surface area contributed by atoms with Gasteiger partial charge in [-0.25, -0.2) is 0 Å². The fourth-order valence-corrected chi connectivity index (χ4v) is 8.64. The van der Waals surface area contributed by atoms with E-state index in [1.54, 1.807) is 0 Å². The van der Waals surface area contributed by atoms with Crippen LogP contribution in [0.5, 0.6) is 0 Å². The van der Waals surface area contributed by atoms with Gasteiger partial charge < -0.3 is 15.0 Å². The Bertz CT molecular complexity index is 1740. The molecule has 0 radical (unpaired) electrons. The van der Waals surface area contributed by atoms with Crippen molar-refractivity contribution < 1.29 is 0 Å². The molecule has 0 atom stereocenters. The van der Waals surface area contributed by atoms with Crippen molar-refractivity contribution >= 4 is 56.9 Å². The van der Waals surface area contributed by atoms with Crippen LogP contribution in [0.1, 0.15) is 36.0 Å². The molecule has 194 valence electrons. The van der Waals surface area contributed by atoms with Gasteiger partial charge in [0.15, 0.2) is 0 Å². The number of nitrogens with one attached hydrogen (secondary N) is 3. The van der Waals surface area contributed by atoms with Crippen LogP contribution in [0.4, 0.5) is 0 Å². The molecular weight excluding hydrogens is 511 g/mol. The summed E-state index contributed by atoms with van der Waals surface area (Å²) in [5.74, 6) is 0. The lowest BCUT2D eigenvalue weighted by Gasteiger charge is -2.20. The van der Waals surface area contributed by atoms with Crippen molar-refractivity contribution in [2.45, 2.75) is 38.5 Å². The Balaban J connectivity index is 1.71. The molecule has 0 amide bonds. The lowest BCUT2D eigenvalue weighted by molar-refractivity contribution is 1.02. The fourth-order valence-electron chi connectivity index (χ4n) is 5.77. The molecule has 0 spiro atoms. The molecule has 0 saturated carbocycles. The molecule has 3 aromatic carbocycles. The molecule has 3 heterocycles. The standard InChI is InChI=1S/C33H27N6P/c34-19-7-13-25-22-10-1-4-16-28(22)37-31(25)40(32-26(14-8-20-35)23-11-2-5-17-29(23)38-32)33-27(15-9-21-36)24-12-3-6-18-30(24)39-33/h1-6,10-12,16-18,37-39H,7-9,13-15H2. The summed E-state index contributed by atoms with van der Waals surface area (Å²) in [5.41, 5.74) is 9.88. The van der Waals surface area contributed by atoms with E-state index in [9.17, 15) is 15.8 Å². The third-order valence-corrected chi connectivity index (χ3v) is 9.99. The molecule has 6 rings (SSSR count). The molecule has 0 fully saturated rings. The number of aryl methyl sites for hydroxylation is 3. The number of aromatic nitrogens is 3. The van der Waals surface area contributed by atoms with Gasteiger partial charge in [-0.05, 0) is 54.2 Å². The van der Waals surface area contributed by atoms with Crippen LogP contribution in [0.2, 0.25) is 0 Å². The first-order chi connectivity index (χ1) is 19.7. The Hall–Kier alpha value is -4.82. The Morgan fingerprint density at radius 1 is 0.475 bits per heavy atom. The Morgan fingerprint density at radius 3 is 1.07 bits per heavy atom. The molecule has 0 aliphatic heterocycles. The van der Waals surface area contributed by atoms with E-state index in [4.69, 9.17) is 0 Å². The average Bonchev–Trinajstić information content (AvgIpc) is 3.65. The zero-order valence-corrected chi connectivity index (χ0v) is 22.9. The highest BCUT2D eigenvalue weighted by atomic mass is 31.1. The van der Waals surface area contributed by atoms with Crippen molar-refractivity contribution in [2.75, 3.05) is 0 Å². The number of benzene rings is 3. The molecule has 6 nitrogen and oxygen atoms in total. The van der Waals surface area contributed by atoms with Crippen molar-refractivity contribution in [1.29, 1.82) is 15.8 Å². The number of aromatic amines is 3. The topological polar surface area (TPSA) is 119 Å². The third kappa shape index (κ3) is 4.42. The van der Waals surface area contributed by atoms with E-state index in [-0.39, 0.29) is 0 Å². The zero-order chi connectivity index (χ0) is 27.5. The summed E-state index contributed by atoms with van der Waals surface area (Å²) in [6, 6.07) is 31.9. The van der Waals surface area contributed by atoms with Gasteiger partial charge in [0.25, 0.3) is 0 Å². The zero-order valence-electron chi connectivity index (χ0n) is 22.0. The normalized spacial score (nSPS) is 11.2. The summed E-state index contributed by atoms with van der Waals surface area (Å²) in [4.78, 5) is 11.3. The highest BCUT2D eigenvalue weighted by molar-refractivity contribution is 7.79. The fraction of sp³-hybridized carbons (Fsp3) is 0.182. The first-order valence-corrected chi connectivity index (χ1v) is 14.8. The number of nitriles is 3. The van der Waals surface area contributed by atoms with E-state index >= 15 is 0 Å². The van der Waals surface area contributed by atoms with Gasteiger partial charge in [-0.2, -0.15) is 15.8 Å². The van der Waals surface area contributed by atoms with Gasteiger partial charge in [0.05, 0.1) is 34.5 Å². The molecule has 3 aromatic heterocycles. The largest absolute Gasteiger partial charge is 0.354 e. The summed E-state index contributed by atoms with van der Waals surface area (Å²) in [7, 11) is -1.19. The molecule has 3 N–H and O–H groups in total. The first-order valence-electron chi connectivity index (χ1n) is 13.4. The van der Waals surface area contributed by atoms with Gasteiger partial charge in [0, 0.05) is 59.9 Å². The summed E-state index contributed by atoms with van der Waals surface area (Å²) >= 11 is 0. The quantitative estimate of drug-likeness (QED) is 0.189. The summed E-state index contributed by atoms with van der Waals surface area (Å²) < 4.78 is 0. The number of para-hydroxylation sites is 3. The molecule has 0 unspecified atom stereocenters. The number of H-pyrrole nitrogens is 3.